The molecule has 0 saturated heterocycles. The lowest BCUT2D eigenvalue weighted by atomic mass is 10.0. The first-order chi connectivity index (χ1) is 8.56. The van der Waals surface area contributed by atoms with Gasteiger partial charge in [-0.1, -0.05) is 23.7 Å². The highest BCUT2D eigenvalue weighted by molar-refractivity contribution is 6.38. The number of hydrogen-bond donors (Lipinski definition) is 0. The molecule has 0 bridgehead atoms. The summed E-state index contributed by atoms with van der Waals surface area (Å²) in [5.74, 6) is -0.433. The van der Waals surface area contributed by atoms with Crippen molar-refractivity contribution in [2.24, 2.45) is 0 Å². The molecule has 94 valence electrons. The third kappa shape index (κ3) is 2.06. The Morgan fingerprint density at radius 2 is 2.00 bits per heavy atom. The van der Waals surface area contributed by atoms with Crippen LogP contribution in [-0.4, -0.2) is 17.6 Å². The fraction of sp³-hybridized carbons (Fsp3) is 0.286. The zero-order chi connectivity index (χ0) is 13.3. The molecule has 2 rings (SSSR count). The second-order valence-corrected chi connectivity index (χ2v) is 4.51. The zero-order valence-corrected chi connectivity index (χ0v) is 11.3. The molecule has 0 saturated carbocycles. The average molecular weight is 264 g/mol. The van der Waals surface area contributed by atoms with Gasteiger partial charge in [0.2, 0.25) is 0 Å². The number of carbonyl (C=O) groups is 1. The molecule has 0 unspecified atom stereocenters. The maximum Gasteiger partial charge on any atom is 0.341 e. The monoisotopic (exact) mass is 263 g/mol. The molecule has 18 heavy (non-hydrogen) atoms. The van der Waals surface area contributed by atoms with Gasteiger partial charge in [0, 0.05) is 11.6 Å². The number of ether oxygens (including phenoxy) is 1. The van der Waals surface area contributed by atoms with Crippen LogP contribution >= 0.6 is 11.6 Å². The highest BCUT2D eigenvalue weighted by Gasteiger charge is 2.16. The van der Waals surface area contributed by atoms with Crippen molar-refractivity contribution in [3.8, 4) is 0 Å². The van der Waals surface area contributed by atoms with Crippen molar-refractivity contribution < 1.29 is 9.53 Å². The molecule has 0 fully saturated rings. The normalized spacial score (nSPS) is 10.7. The minimum absolute atomic E-state index is 0.319. The molecule has 3 nitrogen and oxygen atoms in total. The molecule has 0 aliphatic rings. The Balaban J connectivity index is 2.71. The van der Waals surface area contributed by atoms with E-state index >= 15 is 0 Å². The Hall–Kier alpha value is -1.61. The Bertz CT molecular complexity index is 623. The van der Waals surface area contributed by atoms with Gasteiger partial charge in [-0.05, 0) is 31.9 Å². The van der Waals surface area contributed by atoms with Crippen LogP contribution in [0.15, 0.2) is 18.3 Å². The van der Waals surface area contributed by atoms with Crippen LogP contribution in [-0.2, 0) is 4.74 Å². The maximum atomic E-state index is 11.8. The number of carbonyl (C=O) groups excluding carboxylic acids is 1. The van der Waals surface area contributed by atoms with Crippen LogP contribution in [0.1, 0.15) is 28.4 Å². The first-order valence-corrected chi connectivity index (χ1v) is 6.15. The van der Waals surface area contributed by atoms with Gasteiger partial charge in [0.05, 0.1) is 22.7 Å². The van der Waals surface area contributed by atoms with Gasteiger partial charge in [0.25, 0.3) is 0 Å². The van der Waals surface area contributed by atoms with E-state index in [1.807, 2.05) is 26.0 Å². The lowest BCUT2D eigenvalue weighted by molar-refractivity contribution is 0.0526. The molecule has 0 radical (unpaired) electrons. The summed E-state index contributed by atoms with van der Waals surface area (Å²) in [6.45, 7) is 6.00. The van der Waals surface area contributed by atoms with Gasteiger partial charge in [-0.3, -0.25) is 4.98 Å². The minimum Gasteiger partial charge on any atom is -0.462 e. The molecule has 4 heteroatoms. The summed E-state index contributed by atoms with van der Waals surface area (Å²) in [4.78, 5) is 16.1. The smallest absolute Gasteiger partial charge is 0.341 e. The lowest BCUT2D eigenvalue weighted by Crippen LogP contribution is -2.06. The van der Waals surface area contributed by atoms with Gasteiger partial charge in [-0.2, -0.15) is 0 Å². The molecule has 0 aliphatic heterocycles. The number of aromatic nitrogens is 1. The summed E-state index contributed by atoms with van der Waals surface area (Å²) in [5, 5.41) is 1.24. The number of fused-ring (bicyclic) bond motifs is 1. The van der Waals surface area contributed by atoms with Crippen LogP contribution < -0.4 is 0 Å². The quantitative estimate of drug-likeness (QED) is 0.776. The van der Waals surface area contributed by atoms with Crippen molar-refractivity contribution in [2.75, 3.05) is 6.61 Å². The molecule has 1 aromatic heterocycles. The number of hydrogen-bond acceptors (Lipinski definition) is 3. The van der Waals surface area contributed by atoms with Crippen LogP contribution in [0.4, 0.5) is 0 Å². The first kappa shape index (κ1) is 12.8. The van der Waals surface area contributed by atoms with Crippen molar-refractivity contribution in [2.45, 2.75) is 20.8 Å². The second kappa shape index (κ2) is 4.94. The Labute approximate surface area is 111 Å². The second-order valence-electron chi connectivity index (χ2n) is 4.13. The van der Waals surface area contributed by atoms with Crippen LogP contribution in [0.2, 0.25) is 5.02 Å². The number of benzene rings is 1. The Morgan fingerprint density at radius 3 is 2.67 bits per heavy atom. The topological polar surface area (TPSA) is 39.2 Å². The van der Waals surface area contributed by atoms with Crippen LogP contribution in [0.25, 0.3) is 10.9 Å². The van der Waals surface area contributed by atoms with E-state index in [4.69, 9.17) is 16.3 Å². The van der Waals surface area contributed by atoms with Gasteiger partial charge in [-0.25, -0.2) is 4.79 Å². The lowest BCUT2D eigenvalue weighted by Gasteiger charge is -2.10. The fourth-order valence-electron chi connectivity index (χ4n) is 1.91. The van der Waals surface area contributed by atoms with Crippen molar-refractivity contribution in [3.63, 3.8) is 0 Å². The molecule has 2 aromatic rings. The summed E-state index contributed by atoms with van der Waals surface area (Å²) in [5.41, 5.74) is 3.18. The number of aryl methyl sites for hydroxylation is 2. The van der Waals surface area contributed by atoms with E-state index in [2.05, 4.69) is 4.98 Å². The summed E-state index contributed by atoms with van der Waals surface area (Å²) in [6, 6.07) is 3.96. The molecule has 0 atom stereocenters. The van der Waals surface area contributed by atoms with Gasteiger partial charge in [-0.15, -0.1) is 0 Å². The maximum absolute atomic E-state index is 11.8. The molecule has 0 N–H and O–H groups in total. The van der Waals surface area contributed by atoms with E-state index in [-0.39, 0.29) is 0 Å². The van der Waals surface area contributed by atoms with E-state index in [0.717, 1.165) is 22.0 Å². The van der Waals surface area contributed by atoms with Crippen LogP contribution in [0.5, 0.6) is 0 Å². The zero-order valence-electron chi connectivity index (χ0n) is 10.6. The summed E-state index contributed by atoms with van der Waals surface area (Å²) in [6.07, 6.45) is 1.48. The van der Waals surface area contributed by atoms with E-state index < -0.39 is 5.97 Å². The van der Waals surface area contributed by atoms with Crippen LogP contribution in [0, 0.1) is 13.8 Å². The predicted octanol–water partition coefficient (Wildman–Crippen LogP) is 3.68. The Morgan fingerprint density at radius 1 is 1.33 bits per heavy atom. The first-order valence-electron chi connectivity index (χ1n) is 5.77. The average Bonchev–Trinajstić information content (AvgIpc) is 2.34. The predicted molar refractivity (Wildman–Crippen MR) is 72.2 cm³/mol. The number of pyridine rings is 1. The number of halogens is 1. The summed E-state index contributed by atoms with van der Waals surface area (Å²) >= 11 is 6.31. The number of esters is 1. The largest absolute Gasteiger partial charge is 0.462 e. The van der Waals surface area contributed by atoms with Crippen LogP contribution in [0.3, 0.4) is 0 Å². The molecular formula is C14H14ClNO2. The Kier molecular flexibility index (Phi) is 3.53. The van der Waals surface area contributed by atoms with E-state index in [9.17, 15) is 4.79 Å². The molecule has 0 spiro atoms. The van der Waals surface area contributed by atoms with Crippen molar-refractivity contribution in [3.05, 3.63) is 40.0 Å². The van der Waals surface area contributed by atoms with Gasteiger partial charge in [0.1, 0.15) is 0 Å². The van der Waals surface area contributed by atoms with Gasteiger partial charge in [0.15, 0.2) is 0 Å². The summed E-state index contributed by atoms with van der Waals surface area (Å²) < 4.78 is 4.96. The number of nitrogens with zero attached hydrogens (tertiary/aromatic N) is 1. The van der Waals surface area contributed by atoms with Crippen molar-refractivity contribution in [1.29, 1.82) is 0 Å². The molecule has 0 amide bonds. The molecule has 0 aliphatic carbocycles. The van der Waals surface area contributed by atoms with E-state index in [0.29, 0.717) is 17.2 Å². The SMILES string of the molecule is CCOC(=O)c1cnc2c(C)ccc(C)c2c1Cl. The highest BCUT2D eigenvalue weighted by atomic mass is 35.5. The van der Waals surface area contributed by atoms with Crippen molar-refractivity contribution in [1.82, 2.24) is 4.98 Å². The molecule has 1 heterocycles. The molecular weight excluding hydrogens is 250 g/mol. The molecule has 1 aromatic carbocycles. The third-order valence-corrected chi connectivity index (χ3v) is 3.25. The highest BCUT2D eigenvalue weighted by Crippen LogP contribution is 2.30. The third-order valence-electron chi connectivity index (χ3n) is 2.86. The van der Waals surface area contributed by atoms with E-state index in [1.54, 1.807) is 6.92 Å². The van der Waals surface area contributed by atoms with Crippen molar-refractivity contribution >= 4 is 28.5 Å². The fourth-order valence-corrected chi connectivity index (χ4v) is 2.28. The minimum atomic E-state index is -0.433. The standard InChI is InChI=1S/C14H14ClNO2/c1-4-18-14(17)10-7-16-13-9(3)6-5-8(2)11(13)12(10)15/h5-7H,4H2,1-3H3. The number of rotatable bonds is 2. The van der Waals surface area contributed by atoms with Gasteiger partial charge < -0.3 is 4.74 Å². The summed E-state index contributed by atoms with van der Waals surface area (Å²) in [7, 11) is 0. The van der Waals surface area contributed by atoms with E-state index in [1.165, 1.54) is 6.20 Å². The van der Waals surface area contributed by atoms with Gasteiger partial charge >= 0.3 is 5.97 Å².